The Hall–Kier alpha value is -2.85. The van der Waals surface area contributed by atoms with Crippen molar-refractivity contribution >= 4 is 16.7 Å². The third-order valence-electron chi connectivity index (χ3n) is 4.69. The molecule has 0 fully saturated rings. The van der Waals surface area contributed by atoms with Gasteiger partial charge in [0.15, 0.2) is 0 Å². The topological polar surface area (TPSA) is 58.6 Å². The normalized spacial score (nSPS) is 13.4. The number of nitrogens with one attached hydrogen (secondary N) is 1. The van der Waals surface area contributed by atoms with E-state index >= 15 is 0 Å². The number of amides is 1. The van der Waals surface area contributed by atoms with Crippen LogP contribution in [0.25, 0.3) is 10.8 Å². The maximum Gasteiger partial charge on any atom is 0.217 e. The van der Waals surface area contributed by atoms with Crippen LogP contribution in [0.2, 0.25) is 0 Å². The monoisotopic (exact) mass is 377 g/mol. The van der Waals surface area contributed by atoms with Gasteiger partial charge in [0.2, 0.25) is 5.91 Å². The number of carbonyl (C=O) groups is 1. The van der Waals surface area contributed by atoms with Gasteiger partial charge in [-0.25, -0.2) is 0 Å². The number of hydrogen-bond acceptors (Lipinski definition) is 3. The van der Waals surface area contributed by atoms with Crippen LogP contribution in [-0.2, 0) is 4.79 Å². The molecule has 0 aliphatic heterocycles. The number of hydrogen-bond donors (Lipinski definition) is 2. The highest BCUT2D eigenvalue weighted by Crippen LogP contribution is 2.28. The zero-order chi connectivity index (χ0) is 20.3. The van der Waals surface area contributed by atoms with E-state index < -0.39 is 6.10 Å². The van der Waals surface area contributed by atoms with Gasteiger partial charge in [0.05, 0.1) is 12.1 Å². The van der Waals surface area contributed by atoms with E-state index in [0.29, 0.717) is 0 Å². The fourth-order valence-corrected chi connectivity index (χ4v) is 3.30. The molecule has 0 spiro atoms. The Balaban J connectivity index is 1.82. The maximum atomic E-state index is 11.3. The number of aliphatic hydroxyl groups excluding tert-OH is 1. The molecule has 28 heavy (non-hydrogen) atoms. The van der Waals surface area contributed by atoms with E-state index in [-0.39, 0.29) is 18.1 Å². The Bertz CT molecular complexity index is 963. The van der Waals surface area contributed by atoms with E-state index in [1.165, 1.54) is 6.92 Å². The van der Waals surface area contributed by atoms with Crippen LogP contribution >= 0.6 is 0 Å². The van der Waals surface area contributed by atoms with Crippen LogP contribution in [0.15, 0.2) is 60.7 Å². The standard InChI is InChI=1S/C24H27NO3/c1-15(2)28-23-11-9-18(10-12-23)24(27)22-8-7-20-13-19(5-6-21(20)14-22)16(3)25-17(4)26/h5-16,24,27H,1-4H3,(H,25,26). The first-order valence-corrected chi connectivity index (χ1v) is 9.59. The zero-order valence-corrected chi connectivity index (χ0v) is 16.8. The lowest BCUT2D eigenvalue weighted by Gasteiger charge is -2.16. The van der Waals surface area contributed by atoms with E-state index in [1.807, 2.05) is 75.4 Å². The Morgan fingerprint density at radius 1 is 0.857 bits per heavy atom. The van der Waals surface area contributed by atoms with Crippen LogP contribution in [-0.4, -0.2) is 17.1 Å². The molecule has 3 aromatic carbocycles. The number of rotatable bonds is 6. The molecule has 0 saturated heterocycles. The molecule has 2 atom stereocenters. The average Bonchev–Trinajstić information content (AvgIpc) is 2.66. The molecule has 3 rings (SSSR count). The minimum Gasteiger partial charge on any atom is -0.491 e. The first-order chi connectivity index (χ1) is 13.3. The van der Waals surface area contributed by atoms with Crippen molar-refractivity contribution in [2.75, 3.05) is 0 Å². The maximum absolute atomic E-state index is 11.3. The lowest BCUT2D eigenvalue weighted by Crippen LogP contribution is -2.23. The predicted molar refractivity (Wildman–Crippen MR) is 112 cm³/mol. The number of ether oxygens (including phenoxy) is 1. The van der Waals surface area contributed by atoms with Gasteiger partial charge in [0.25, 0.3) is 0 Å². The highest BCUT2D eigenvalue weighted by molar-refractivity contribution is 5.84. The number of fused-ring (bicyclic) bond motifs is 1. The predicted octanol–water partition coefficient (Wildman–Crippen LogP) is 4.91. The summed E-state index contributed by atoms with van der Waals surface area (Å²) in [6, 6.07) is 19.6. The van der Waals surface area contributed by atoms with Crippen LogP contribution in [0.5, 0.6) is 5.75 Å². The van der Waals surface area contributed by atoms with Crippen molar-refractivity contribution in [3.63, 3.8) is 0 Å². The molecule has 0 bridgehead atoms. The molecule has 1 amide bonds. The molecular weight excluding hydrogens is 350 g/mol. The minimum atomic E-state index is -0.699. The Kier molecular flexibility index (Phi) is 6.00. The zero-order valence-electron chi connectivity index (χ0n) is 16.8. The lowest BCUT2D eigenvalue weighted by molar-refractivity contribution is -0.119. The summed E-state index contributed by atoms with van der Waals surface area (Å²) in [4.78, 5) is 11.3. The van der Waals surface area contributed by atoms with Gasteiger partial charge in [0.1, 0.15) is 11.9 Å². The SMILES string of the molecule is CC(=O)NC(C)c1ccc2cc(C(O)c3ccc(OC(C)C)cc3)ccc2c1. The molecular formula is C24H27NO3. The second-order valence-electron chi connectivity index (χ2n) is 7.43. The smallest absolute Gasteiger partial charge is 0.217 e. The highest BCUT2D eigenvalue weighted by atomic mass is 16.5. The fraction of sp³-hybridized carbons (Fsp3) is 0.292. The molecule has 4 heteroatoms. The van der Waals surface area contributed by atoms with Crippen molar-refractivity contribution in [2.24, 2.45) is 0 Å². The van der Waals surface area contributed by atoms with Crippen LogP contribution in [0.3, 0.4) is 0 Å². The summed E-state index contributed by atoms with van der Waals surface area (Å²) in [5, 5.41) is 15.8. The number of carbonyl (C=O) groups excluding carboxylic acids is 1. The van der Waals surface area contributed by atoms with Crippen LogP contribution in [0.4, 0.5) is 0 Å². The molecule has 0 radical (unpaired) electrons. The van der Waals surface area contributed by atoms with Crippen molar-refractivity contribution in [3.05, 3.63) is 77.4 Å². The molecule has 0 heterocycles. The highest BCUT2D eigenvalue weighted by Gasteiger charge is 2.13. The van der Waals surface area contributed by atoms with Gasteiger partial charge in [-0.2, -0.15) is 0 Å². The van der Waals surface area contributed by atoms with Crippen molar-refractivity contribution < 1.29 is 14.6 Å². The second-order valence-corrected chi connectivity index (χ2v) is 7.43. The van der Waals surface area contributed by atoms with E-state index in [2.05, 4.69) is 11.4 Å². The van der Waals surface area contributed by atoms with Crippen LogP contribution in [0.1, 0.15) is 56.5 Å². The van der Waals surface area contributed by atoms with Crippen LogP contribution < -0.4 is 10.1 Å². The second kappa shape index (κ2) is 8.44. The van der Waals surface area contributed by atoms with E-state index in [0.717, 1.165) is 33.2 Å². The minimum absolute atomic E-state index is 0.0428. The van der Waals surface area contributed by atoms with Crippen molar-refractivity contribution in [2.45, 2.75) is 45.9 Å². The molecule has 2 N–H and O–H groups in total. The van der Waals surface area contributed by atoms with Gasteiger partial charge >= 0.3 is 0 Å². The van der Waals surface area contributed by atoms with Crippen molar-refractivity contribution in [1.82, 2.24) is 5.32 Å². The summed E-state index contributed by atoms with van der Waals surface area (Å²) in [7, 11) is 0. The molecule has 146 valence electrons. The first kappa shape index (κ1) is 19.9. The van der Waals surface area contributed by atoms with Gasteiger partial charge < -0.3 is 15.2 Å². The summed E-state index contributed by atoms with van der Waals surface area (Å²) in [5.41, 5.74) is 2.72. The molecule has 0 saturated carbocycles. The number of aliphatic hydroxyl groups is 1. The van der Waals surface area contributed by atoms with Gasteiger partial charge in [0, 0.05) is 6.92 Å². The third kappa shape index (κ3) is 4.70. The number of benzene rings is 3. The molecule has 0 aliphatic rings. The quantitative estimate of drug-likeness (QED) is 0.642. The third-order valence-corrected chi connectivity index (χ3v) is 4.69. The molecule has 3 aromatic rings. The summed E-state index contributed by atoms with van der Waals surface area (Å²) >= 11 is 0. The molecule has 4 nitrogen and oxygen atoms in total. The van der Waals surface area contributed by atoms with Crippen molar-refractivity contribution in [1.29, 1.82) is 0 Å². The van der Waals surface area contributed by atoms with Crippen LogP contribution in [0, 0.1) is 0 Å². The fourth-order valence-electron chi connectivity index (χ4n) is 3.30. The first-order valence-electron chi connectivity index (χ1n) is 9.59. The largest absolute Gasteiger partial charge is 0.491 e. The van der Waals surface area contributed by atoms with Gasteiger partial charge in [-0.3, -0.25) is 4.79 Å². The Morgan fingerprint density at radius 3 is 1.96 bits per heavy atom. The summed E-state index contributed by atoms with van der Waals surface area (Å²) in [6.07, 6.45) is -0.579. The Morgan fingerprint density at radius 2 is 1.39 bits per heavy atom. The van der Waals surface area contributed by atoms with E-state index in [1.54, 1.807) is 0 Å². The summed E-state index contributed by atoms with van der Waals surface area (Å²) in [6.45, 7) is 7.46. The summed E-state index contributed by atoms with van der Waals surface area (Å²) < 4.78 is 5.66. The van der Waals surface area contributed by atoms with E-state index in [9.17, 15) is 9.90 Å². The van der Waals surface area contributed by atoms with Crippen molar-refractivity contribution in [3.8, 4) is 5.75 Å². The molecule has 2 unspecified atom stereocenters. The van der Waals surface area contributed by atoms with E-state index in [4.69, 9.17) is 4.74 Å². The van der Waals surface area contributed by atoms with Gasteiger partial charge in [-0.1, -0.05) is 36.4 Å². The lowest BCUT2D eigenvalue weighted by atomic mass is 9.96. The van der Waals surface area contributed by atoms with Gasteiger partial charge in [-0.05, 0) is 72.5 Å². The Labute approximate surface area is 166 Å². The summed E-state index contributed by atoms with van der Waals surface area (Å²) in [5.74, 6) is 0.751. The molecule has 0 aliphatic carbocycles. The molecule has 0 aromatic heterocycles. The average molecular weight is 377 g/mol. The van der Waals surface area contributed by atoms with Gasteiger partial charge in [-0.15, -0.1) is 0 Å².